The zero-order valence-corrected chi connectivity index (χ0v) is 15.0. The van der Waals surface area contributed by atoms with Crippen LogP contribution in [-0.2, 0) is 0 Å². The molecule has 0 saturated carbocycles. The maximum Gasteiger partial charge on any atom is 0.293 e. The molecule has 3 aromatic rings. The maximum atomic E-state index is 12.8. The number of pyridine rings is 1. The number of rotatable bonds is 4. The number of hydrogen-bond donors (Lipinski definition) is 4. The Morgan fingerprint density at radius 3 is 2.28 bits per heavy atom. The zero-order valence-electron chi connectivity index (χ0n) is 14.3. The maximum absolute atomic E-state index is 12.8. The fourth-order valence-corrected chi connectivity index (χ4v) is 3.28. The number of aromatic nitrogens is 1. The van der Waals surface area contributed by atoms with Gasteiger partial charge in [0.1, 0.15) is 5.69 Å². The summed E-state index contributed by atoms with van der Waals surface area (Å²) in [6.45, 7) is 0. The lowest BCUT2D eigenvalue weighted by molar-refractivity contribution is 0.921. The highest BCUT2D eigenvalue weighted by Crippen LogP contribution is 2.38. The first kappa shape index (κ1) is 17.0. The Morgan fingerprint density at radius 2 is 1.68 bits per heavy atom. The van der Waals surface area contributed by atoms with Crippen LogP contribution in [0, 0.1) is 0 Å². The summed E-state index contributed by atoms with van der Waals surface area (Å²) in [7, 11) is 5.35. The summed E-state index contributed by atoms with van der Waals surface area (Å²) in [5.41, 5.74) is 12.8. The Hall–Kier alpha value is -2.86. The van der Waals surface area contributed by atoms with Gasteiger partial charge in [-0.3, -0.25) is 4.79 Å². The van der Waals surface area contributed by atoms with Gasteiger partial charge in [0.15, 0.2) is 0 Å². The van der Waals surface area contributed by atoms with E-state index in [1.165, 1.54) is 4.68 Å². The third-order valence-corrected chi connectivity index (χ3v) is 4.58. The number of nitrogens with one attached hydrogen (secondary N) is 3. The van der Waals surface area contributed by atoms with Gasteiger partial charge >= 0.3 is 0 Å². The smallest absolute Gasteiger partial charge is 0.293 e. The molecule has 7 heteroatoms. The van der Waals surface area contributed by atoms with Crippen molar-refractivity contribution in [1.82, 2.24) is 4.68 Å². The quantitative estimate of drug-likeness (QED) is 0.576. The van der Waals surface area contributed by atoms with E-state index >= 15 is 0 Å². The molecule has 6 nitrogen and oxygen atoms in total. The van der Waals surface area contributed by atoms with E-state index in [-0.39, 0.29) is 11.2 Å². The summed E-state index contributed by atoms with van der Waals surface area (Å²) >= 11 is 6.38. The van der Waals surface area contributed by atoms with Crippen molar-refractivity contribution >= 4 is 39.6 Å². The van der Waals surface area contributed by atoms with Crippen molar-refractivity contribution in [2.45, 2.75) is 0 Å². The number of fused-ring (bicyclic) bond motifs is 1. The van der Waals surface area contributed by atoms with Gasteiger partial charge in [-0.05, 0) is 18.2 Å². The van der Waals surface area contributed by atoms with Gasteiger partial charge in [0, 0.05) is 42.7 Å². The minimum Gasteiger partial charge on any atom is -0.394 e. The summed E-state index contributed by atoms with van der Waals surface area (Å²) < 4.78 is 1.44. The third-order valence-electron chi connectivity index (χ3n) is 4.25. The molecule has 0 aliphatic carbocycles. The van der Waals surface area contributed by atoms with Gasteiger partial charge in [-0.25, -0.2) is 4.68 Å². The van der Waals surface area contributed by atoms with Gasteiger partial charge in [-0.15, -0.1) is 0 Å². The van der Waals surface area contributed by atoms with Crippen molar-refractivity contribution < 1.29 is 0 Å². The lowest BCUT2D eigenvalue weighted by Crippen LogP contribution is -2.29. The molecule has 1 aromatic heterocycles. The average Bonchev–Trinajstić information content (AvgIpc) is 2.63. The highest BCUT2D eigenvalue weighted by atomic mass is 35.5. The SMILES string of the molecule is CNc1cc2c(-c3ccccc3Cl)c(N)c(=O)n(NC)c2cc1NC. The van der Waals surface area contributed by atoms with Gasteiger partial charge in [0.05, 0.1) is 16.9 Å². The Kier molecular flexibility index (Phi) is 4.46. The number of halogens is 1. The highest BCUT2D eigenvalue weighted by Gasteiger charge is 2.19. The predicted octanol–water partition coefficient (Wildman–Crippen LogP) is 3.16. The standard InChI is InChI=1S/C18H20ClN5O/c1-21-13-8-11-15(9-14(13)22-2)24(23-3)18(25)17(20)16(11)10-6-4-5-7-12(10)19/h4-9,21-23H,20H2,1-3H3. The van der Waals surface area contributed by atoms with Crippen LogP contribution in [-0.4, -0.2) is 25.8 Å². The second-order valence-corrected chi connectivity index (χ2v) is 5.95. The van der Waals surface area contributed by atoms with Crippen LogP contribution in [0.2, 0.25) is 5.02 Å². The van der Waals surface area contributed by atoms with Crippen molar-refractivity contribution in [3.8, 4) is 11.1 Å². The normalized spacial score (nSPS) is 10.7. The van der Waals surface area contributed by atoms with Gasteiger partial charge in [-0.2, -0.15) is 0 Å². The molecule has 0 unspecified atom stereocenters. The first-order valence-electron chi connectivity index (χ1n) is 7.83. The fourth-order valence-electron chi connectivity index (χ4n) is 3.05. The van der Waals surface area contributed by atoms with Crippen molar-refractivity contribution in [3.05, 3.63) is 51.8 Å². The molecule has 0 spiro atoms. The number of benzene rings is 2. The van der Waals surface area contributed by atoms with Crippen LogP contribution in [0.3, 0.4) is 0 Å². The summed E-state index contributed by atoms with van der Waals surface area (Å²) in [5.74, 6) is 0. The Morgan fingerprint density at radius 1 is 1.04 bits per heavy atom. The van der Waals surface area contributed by atoms with E-state index in [4.69, 9.17) is 17.3 Å². The highest BCUT2D eigenvalue weighted by molar-refractivity contribution is 6.34. The molecule has 0 aliphatic heterocycles. The number of anilines is 3. The van der Waals surface area contributed by atoms with Crippen LogP contribution in [0.15, 0.2) is 41.2 Å². The molecule has 0 atom stereocenters. The molecule has 0 aliphatic rings. The predicted molar refractivity (Wildman–Crippen MR) is 107 cm³/mol. The number of nitrogens with two attached hydrogens (primary N) is 1. The number of nitrogens with zero attached hydrogens (tertiary/aromatic N) is 1. The molecule has 25 heavy (non-hydrogen) atoms. The number of nitrogen functional groups attached to an aromatic ring is 1. The molecule has 0 radical (unpaired) electrons. The summed E-state index contributed by atoms with van der Waals surface area (Å²) in [6, 6.07) is 11.2. The third kappa shape index (κ3) is 2.64. The van der Waals surface area contributed by atoms with Gasteiger partial charge < -0.3 is 21.8 Å². The summed E-state index contributed by atoms with van der Waals surface area (Å²) in [4.78, 5) is 12.8. The molecule has 2 aromatic carbocycles. The van der Waals surface area contributed by atoms with E-state index in [1.54, 1.807) is 13.1 Å². The van der Waals surface area contributed by atoms with Crippen molar-refractivity contribution in [2.75, 3.05) is 42.9 Å². The minimum atomic E-state index is -0.316. The van der Waals surface area contributed by atoms with Gasteiger partial charge in [0.2, 0.25) is 0 Å². The second kappa shape index (κ2) is 6.57. The summed E-state index contributed by atoms with van der Waals surface area (Å²) in [5, 5.41) is 7.66. The summed E-state index contributed by atoms with van der Waals surface area (Å²) in [6.07, 6.45) is 0. The van der Waals surface area contributed by atoms with E-state index in [2.05, 4.69) is 16.1 Å². The van der Waals surface area contributed by atoms with E-state index in [0.717, 1.165) is 22.3 Å². The van der Waals surface area contributed by atoms with Crippen LogP contribution >= 0.6 is 11.6 Å². The van der Waals surface area contributed by atoms with Crippen LogP contribution < -0.4 is 27.4 Å². The lowest BCUT2D eigenvalue weighted by atomic mass is 9.98. The molecule has 3 rings (SSSR count). The molecular weight excluding hydrogens is 338 g/mol. The van der Waals surface area contributed by atoms with E-state index in [9.17, 15) is 4.79 Å². The topological polar surface area (TPSA) is 84.1 Å². The molecule has 130 valence electrons. The van der Waals surface area contributed by atoms with Crippen molar-refractivity contribution in [2.24, 2.45) is 0 Å². The molecular formula is C18H20ClN5O. The monoisotopic (exact) mass is 357 g/mol. The molecule has 5 N–H and O–H groups in total. The van der Waals surface area contributed by atoms with E-state index in [0.29, 0.717) is 16.1 Å². The Balaban J connectivity index is 2.55. The molecule has 0 amide bonds. The van der Waals surface area contributed by atoms with E-state index in [1.807, 2.05) is 44.4 Å². The second-order valence-electron chi connectivity index (χ2n) is 5.55. The Bertz CT molecular complexity index is 1010. The lowest BCUT2D eigenvalue weighted by Gasteiger charge is -2.19. The first-order valence-corrected chi connectivity index (χ1v) is 8.21. The number of hydrogen-bond acceptors (Lipinski definition) is 5. The van der Waals surface area contributed by atoms with Crippen molar-refractivity contribution in [1.29, 1.82) is 0 Å². The van der Waals surface area contributed by atoms with E-state index < -0.39 is 0 Å². The van der Waals surface area contributed by atoms with Crippen molar-refractivity contribution in [3.63, 3.8) is 0 Å². The zero-order chi connectivity index (χ0) is 18.1. The van der Waals surface area contributed by atoms with Crippen LogP contribution in [0.5, 0.6) is 0 Å². The van der Waals surface area contributed by atoms with Gasteiger partial charge in [0.25, 0.3) is 5.56 Å². The largest absolute Gasteiger partial charge is 0.394 e. The molecule has 0 saturated heterocycles. The molecule has 0 bridgehead atoms. The molecule has 0 fully saturated rings. The van der Waals surface area contributed by atoms with Crippen LogP contribution in [0.1, 0.15) is 0 Å². The average molecular weight is 358 g/mol. The Labute approximate surface area is 150 Å². The van der Waals surface area contributed by atoms with Gasteiger partial charge in [-0.1, -0.05) is 29.8 Å². The van der Waals surface area contributed by atoms with Crippen LogP contribution in [0.25, 0.3) is 22.0 Å². The minimum absolute atomic E-state index is 0.147. The van der Waals surface area contributed by atoms with Crippen LogP contribution in [0.4, 0.5) is 17.1 Å². The fraction of sp³-hybridized carbons (Fsp3) is 0.167. The molecule has 1 heterocycles. The first-order chi connectivity index (χ1) is 12.0.